The van der Waals surface area contributed by atoms with Gasteiger partial charge in [0.25, 0.3) is 0 Å². The predicted octanol–water partition coefficient (Wildman–Crippen LogP) is 9.49. The first kappa shape index (κ1) is 23.0. The molecule has 196 valence electrons. The molecule has 42 heavy (non-hydrogen) atoms. The number of hydrogen-bond donors (Lipinski definition) is 0. The molecule has 0 saturated heterocycles. The number of para-hydroxylation sites is 1. The standard InChI is InChI=1S/C38H24N4/c1-2-10-28-25(9-1)15-19-32-31-18-16-26(33-12-5-7-21-39-33)23-35(31)41(38(28)32)27-17-20-30-29-11-3-4-13-34(29)42(36(30)24-27)37-14-6-8-22-40-37/h1-24H. The number of fused-ring (bicyclic) bond motifs is 8. The first-order chi connectivity index (χ1) is 20.8. The second-order valence-corrected chi connectivity index (χ2v) is 10.7. The molecule has 4 heteroatoms. The van der Waals surface area contributed by atoms with Crippen LogP contribution in [0.2, 0.25) is 0 Å². The summed E-state index contributed by atoms with van der Waals surface area (Å²) >= 11 is 0. The highest BCUT2D eigenvalue weighted by Crippen LogP contribution is 2.40. The van der Waals surface area contributed by atoms with E-state index in [-0.39, 0.29) is 0 Å². The average molecular weight is 537 g/mol. The lowest BCUT2D eigenvalue weighted by atomic mass is 10.0. The molecule has 0 bridgehead atoms. The highest BCUT2D eigenvalue weighted by Gasteiger charge is 2.19. The average Bonchev–Trinajstić information content (AvgIpc) is 3.58. The van der Waals surface area contributed by atoms with E-state index in [1.165, 1.54) is 37.8 Å². The third-order valence-electron chi connectivity index (χ3n) is 8.41. The van der Waals surface area contributed by atoms with Crippen molar-refractivity contribution in [3.8, 4) is 22.8 Å². The SMILES string of the molecule is c1ccc(-c2ccc3c4ccc5ccccc5c4n(-c4ccc5c6ccccc6n(-c6ccccn6)c5c4)c3c2)nc1. The van der Waals surface area contributed by atoms with E-state index in [0.29, 0.717) is 0 Å². The van der Waals surface area contributed by atoms with Crippen molar-refractivity contribution in [2.24, 2.45) is 0 Å². The van der Waals surface area contributed by atoms with E-state index in [4.69, 9.17) is 4.98 Å². The Morgan fingerprint density at radius 2 is 1.12 bits per heavy atom. The van der Waals surface area contributed by atoms with E-state index in [0.717, 1.165) is 39.3 Å². The van der Waals surface area contributed by atoms with Crippen LogP contribution in [0.25, 0.3) is 77.1 Å². The van der Waals surface area contributed by atoms with Gasteiger partial charge in [-0.25, -0.2) is 4.98 Å². The Kier molecular flexibility index (Phi) is 4.87. The maximum absolute atomic E-state index is 4.75. The quantitative estimate of drug-likeness (QED) is 0.225. The van der Waals surface area contributed by atoms with Crippen LogP contribution >= 0.6 is 0 Å². The third kappa shape index (κ3) is 3.29. The molecule has 4 aromatic heterocycles. The predicted molar refractivity (Wildman–Crippen MR) is 174 cm³/mol. The van der Waals surface area contributed by atoms with Gasteiger partial charge in [-0.2, -0.15) is 0 Å². The van der Waals surface area contributed by atoms with Gasteiger partial charge in [0.1, 0.15) is 5.82 Å². The second-order valence-electron chi connectivity index (χ2n) is 10.7. The molecule has 0 aliphatic heterocycles. The maximum atomic E-state index is 4.75. The van der Waals surface area contributed by atoms with Crippen molar-refractivity contribution in [2.75, 3.05) is 0 Å². The van der Waals surface area contributed by atoms with Crippen LogP contribution in [0, 0.1) is 0 Å². The van der Waals surface area contributed by atoms with Gasteiger partial charge in [-0.1, -0.05) is 84.9 Å². The molecular weight excluding hydrogens is 512 g/mol. The zero-order chi connectivity index (χ0) is 27.6. The van der Waals surface area contributed by atoms with Crippen LogP contribution in [0.5, 0.6) is 0 Å². The Balaban J connectivity index is 1.43. The van der Waals surface area contributed by atoms with E-state index < -0.39 is 0 Å². The van der Waals surface area contributed by atoms with Crippen molar-refractivity contribution in [1.29, 1.82) is 0 Å². The highest BCUT2D eigenvalue weighted by molar-refractivity contribution is 6.19. The summed E-state index contributed by atoms with van der Waals surface area (Å²) < 4.78 is 4.71. The fourth-order valence-corrected chi connectivity index (χ4v) is 6.57. The van der Waals surface area contributed by atoms with Crippen LogP contribution in [0.15, 0.2) is 146 Å². The van der Waals surface area contributed by atoms with Crippen molar-refractivity contribution in [3.05, 3.63) is 146 Å². The van der Waals surface area contributed by atoms with Gasteiger partial charge < -0.3 is 4.57 Å². The Morgan fingerprint density at radius 1 is 0.429 bits per heavy atom. The van der Waals surface area contributed by atoms with Crippen LogP contribution in [0.4, 0.5) is 0 Å². The fourth-order valence-electron chi connectivity index (χ4n) is 6.57. The Labute approximate surface area is 241 Å². The molecule has 0 fully saturated rings. The second kappa shape index (κ2) is 8.88. The minimum absolute atomic E-state index is 0.908. The molecule has 4 heterocycles. The zero-order valence-electron chi connectivity index (χ0n) is 22.6. The van der Waals surface area contributed by atoms with Gasteiger partial charge in [0.2, 0.25) is 0 Å². The zero-order valence-corrected chi connectivity index (χ0v) is 22.6. The van der Waals surface area contributed by atoms with Gasteiger partial charge in [0.05, 0.1) is 27.8 Å². The molecular formula is C38H24N4. The third-order valence-corrected chi connectivity index (χ3v) is 8.41. The Bertz CT molecular complexity index is 2450. The molecule has 0 radical (unpaired) electrons. The summed E-state index contributed by atoms with van der Waals surface area (Å²) in [5.41, 5.74) is 7.81. The van der Waals surface area contributed by atoms with Crippen LogP contribution < -0.4 is 0 Å². The molecule has 0 spiro atoms. The molecule has 0 saturated carbocycles. The van der Waals surface area contributed by atoms with Crippen molar-refractivity contribution in [1.82, 2.24) is 19.1 Å². The van der Waals surface area contributed by atoms with Crippen LogP contribution in [0.1, 0.15) is 0 Å². The van der Waals surface area contributed by atoms with Crippen molar-refractivity contribution < 1.29 is 0 Å². The molecule has 0 unspecified atom stereocenters. The molecule has 0 aliphatic rings. The van der Waals surface area contributed by atoms with Gasteiger partial charge in [-0.3, -0.25) is 9.55 Å². The van der Waals surface area contributed by atoms with Gasteiger partial charge in [0.15, 0.2) is 0 Å². The molecule has 9 aromatic rings. The van der Waals surface area contributed by atoms with E-state index in [1.807, 2.05) is 36.7 Å². The van der Waals surface area contributed by atoms with E-state index >= 15 is 0 Å². The molecule has 0 aliphatic carbocycles. The maximum Gasteiger partial charge on any atom is 0.137 e. The molecule has 0 amide bonds. The summed E-state index contributed by atoms with van der Waals surface area (Å²) in [6.45, 7) is 0. The van der Waals surface area contributed by atoms with Crippen molar-refractivity contribution in [3.63, 3.8) is 0 Å². The van der Waals surface area contributed by atoms with E-state index in [9.17, 15) is 0 Å². The van der Waals surface area contributed by atoms with Gasteiger partial charge in [0, 0.05) is 50.6 Å². The number of pyridine rings is 2. The summed E-state index contributed by atoms with van der Waals surface area (Å²) in [5, 5.41) is 7.34. The molecule has 0 N–H and O–H groups in total. The lowest BCUT2D eigenvalue weighted by molar-refractivity contribution is 1.08. The lowest BCUT2D eigenvalue weighted by Crippen LogP contribution is -1.98. The molecule has 0 atom stereocenters. The minimum Gasteiger partial charge on any atom is -0.309 e. The smallest absolute Gasteiger partial charge is 0.137 e. The highest BCUT2D eigenvalue weighted by atomic mass is 15.1. The summed E-state index contributed by atoms with van der Waals surface area (Å²) in [7, 11) is 0. The van der Waals surface area contributed by atoms with Crippen LogP contribution in [0.3, 0.4) is 0 Å². The summed E-state index contributed by atoms with van der Waals surface area (Å²) in [4.78, 5) is 9.40. The lowest BCUT2D eigenvalue weighted by Gasteiger charge is -2.12. The van der Waals surface area contributed by atoms with Gasteiger partial charge in [-0.15, -0.1) is 0 Å². The Hall–Kier alpha value is -5.74. The van der Waals surface area contributed by atoms with Crippen LogP contribution in [-0.2, 0) is 0 Å². The first-order valence-electron chi connectivity index (χ1n) is 14.2. The molecule has 5 aromatic carbocycles. The molecule has 4 nitrogen and oxygen atoms in total. The molecule has 9 rings (SSSR count). The first-order valence-corrected chi connectivity index (χ1v) is 14.2. The number of hydrogen-bond acceptors (Lipinski definition) is 2. The normalized spacial score (nSPS) is 11.8. The number of benzene rings is 5. The summed E-state index contributed by atoms with van der Waals surface area (Å²) in [6.07, 6.45) is 3.71. The number of aromatic nitrogens is 4. The fraction of sp³-hybridized carbons (Fsp3) is 0. The summed E-state index contributed by atoms with van der Waals surface area (Å²) in [5.74, 6) is 0.908. The number of nitrogens with zero attached hydrogens (tertiary/aromatic N) is 4. The minimum atomic E-state index is 0.908. The van der Waals surface area contributed by atoms with Crippen LogP contribution in [-0.4, -0.2) is 19.1 Å². The van der Waals surface area contributed by atoms with Crippen molar-refractivity contribution in [2.45, 2.75) is 0 Å². The topological polar surface area (TPSA) is 35.6 Å². The monoisotopic (exact) mass is 536 g/mol. The summed E-state index contributed by atoms with van der Waals surface area (Å²) in [6, 6.07) is 47.4. The van der Waals surface area contributed by atoms with Crippen molar-refractivity contribution >= 4 is 54.4 Å². The van der Waals surface area contributed by atoms with Gasteiger partial charge in [-0.05, 0) is 53.9 Å². The largest absolute Gasteiger partial charge is 0.309 e. The van der Waals surface area contributed by atoms with E-state index in [1.54, 1.807) is 0 Å². The van der Waals surface area contributed by atoms with E-state index in [2.05, 4.69) is 123 Å². The van der Waals surface area contributed by atoms with Gasteiger partial charge >= 0.3 is 0 Å². The Morgan fingerprint density at radius 3 is 1.98 bits per heavy atom. The number of rotatable bonds is 3.